The van der Waals surface area contributed by atoms with Gasteiger partial charge in [0.25, 0.3) is 0 Å². The molecule has 0 aliphatic heterocycles. The molecule has 0 aromatic rings. The predicted octanol–water partition coefficient (Wildman–Crippen LogP) is 21.9. The van der Waals surface area contributed by atoms with E-state index in [2.05, 4.69) is 41.5 Å². The van der Waals surface area contributed by atoms with Gasteiger partial charge in [0.2, 0.25) is 0 Å². The lowest BCUT2D eigenvalue weighted by Crippen LogP contribution is -2.30. The molecule has 0 rings (SSSR count). The van der Waals surface area contributed by atoms with E-state index in [9.17, 15) is 43.2 Å². The molecule has 0 amide bonds. The van der Waals surface area contributed by atoms with E-state index in [1.807, 2.05) is 0 Å². The SMILES string of the molecule is CCCCCCCCCCCCCCCCCCCC(=O)O[C@H](COC(=O)CCCCCCCCCCCCCCC(C)C)COP(=O)(O)OC[C@@H](O)COP(=O)(O)OC[C@@H](COC(=O)CCCCCCCCCCCC)OC(=O)CCCCCCCCCCCC(C)C. The van der Waals surface area contributed by atoms with Gasteiger partial charge >= 0.3 is 39.5 Å². The van der Waals surface area contributed by atoms with E-state index in [4.69, 9.17) is 37.0 Å². The van der Waals surface area contributed by atoms with Crippen LogP contribution in [0.4, 0.5) is 0 Å². The first-order valence-electron chi connectivity index (χ1n) is 39.0. The fraction of sp³-hybridized carbons (Fsp3) is 0.947. The van der Waals surface area contributed by atoms with Crippen LogP contribution < -0.4 is 0 Å². The zero-order valence-electron chi connectivity index (χ0n) is 61.3. The number of ether oxygens (including phenoxy) is 4. The highest BCUT2D eigenvalue weighted by molar-refractivity contribution is 7.47. The molecule has 558 valence electrons. The van der Waals surface area contributed by atoms with Gasteiger partial charge in [-0.1, -0.05) is 337 Å². The standard InChI is InChI=1S/C75H146O17P2/c1-7-9-11-13-15-17-19-20-21-22-23-24-29-35-41-47-53-59-74(79)91-70(64-86-73(78)58-52-46-40-34-28-26-25-27-31-37-43-49-55-67(3)4)65-89-93(81,82)87-61-69(76)62-88-94(83,84)90-66-71(63-85-72(77)57-51-45-39-33-18-16-14-12-10-8-2)92-75(80)60-54-48-42-36-30-32-38-44-50-56-68(5)6/h67-71,76H,7-66H2,1-6H3,(H,81,82)(H,83,84)/t69-,70-,71-/m1/s1. The first-order chi connectivity index (χ1) is 45.4. The smallest absolute Gasteiger partial charge is 0.462 e. The molecule has 19 heteroatoms. The van der Waals surface area contributed by atoms with Crippen molar-refractivity contribution in [3.8, 4) is 0 Å². The number of carbonyl (C=O) groups excluding carboxylic acids is 4. The first kappa shape index (κ1) is 92.1. The minimum atomic E-state index is -4.96. The second kappa shape index (κ2) is 66.9. The van der Waals surface area contributed by atoms with E-state index in [1.165, 1.54) is 205 Å². The topological polar surface area (TPSA) is 237 Å². The molecular formula is C75H146O17P2. The number of phosphoric acid groups is 2. The fourth-order valence-corrected chi connectivity index (χ4v) is 13.1. The van der Waals surface area contributed by atoms with Gasteiger partial charge in [-0.2, -0.15) is 0 Å². The first-order valence-corrected chi connectivity index (χ1v) is 42.0. The summed E-state index contributed by atoms with van der Waals surface area (Å²) in [5, 5.41) is 10.6. The van der Waals surface area contributed by atoms with Crippen LogP contribution in [0.15, 0.2) is 0 Å². The molecule has 0 aliphatic rings. The summed E-state index contributed by atoms with van der Waals surface area (Å²) in [6.07, 6.45) is 54.0. The maximum atomic E-state index is 13.1. The lowest BCUT2D eigenvalue weighted by molar-refractivity contribution is -0.161. The molecule has 94 heavy (non-hydrogen) atoms. The molecule has 0 radical (unpaired) electrons. The average Bonchev–Trinajstić information content (AvgIpc) is 2.23. The number of carbonyl (C=O) groups is 4. The Bertz CT molecular complexity index is 1820. The van der Waals surface area contributed by atoms with Crippen LogP contribution in [0.25, 0.3) is 0 Å². The number of rotatable bonds is 74. The highest BCUT2D eigenvalue weighted by atomic mass is 31.2. The molecule has 0 heterocycles. The minimum Gasteiger partial charge on any atom is -0.462 e. The van der Waals surface area contributed by atoms with Crippen molar-refractivity contribution >= 4 is 39.5 Å². The third-order valence-electron chi connectivity index (χ3n) is 17.5. The molecule has 0 aliphatic carbocycles. The lowest BCUT2D eigenvalue weighted by atomic mass is 10.0. The van der Waals surface area contributed by atoms with Crippen LogP contribution in [-0.4, -0.2) is 96.7 Å². The predicted molar refractivity (Wildman–Crippen MR) is 381 cm³/mol. The summed E-state index contributed by atoms with van der Waals surface area (Å²) in [6, 6.07) is 0. The van der Waals surface area contributed by atoms with Gasteiger partial charge in [0.1, 0.15) is 19.3 Å². The quantitative estimate of drug-likeness (QED) is 0.0222. The molecule has 5 atom stereocenters. The number of aliphatic hydroxyl groups excluding tert-OH is 1. The van der Waals surface area contributed by atoms with Crippen LogP contribution >= 0.6 is 15.6 Å². The van der Waals surface area contributed by atoms with Gasteiger partial charge in [-0.05, 0) is 37.5 Å². The van der Waals surface area contributed by atoms with Crippen LogP contribution in [0.3, 0.4) is 0 Å². The van der Waals surface area contributed by atoms with Gasteiger partial charge in [0.15, 0.2) is 12.2 Å². The number of esters is 4. The molecule has 0 spiro atoms. The molecule has 0 aromatic carbocycles. The minimum absolute atomic E-state index is 0.106. The molecule has 0 bridgehead atoms. The average molecular weight is 1380 g/mol. The Morgan fingerprint density at radius 2 is 0.489 bits per heavy atom. The number of aliphatic hydroxyl groups is 1. The van der Waals surface area contributed by atoms with Crippen molar-refractivity contribution in [1.82, 2.24) is 0 Å². The van der Waals surface area contributed by atoms with Crippen LogP contribution in [0.5, 0.6) is 0 Å². The highest BCUT2D eigenvalue weighted by Gasteiger charge is 2.30. The summed E-state index contributed by atoms with van der Waals surface area (Å²) >= 11 is 0. The molecule has 0 saturated carbocycles. The van der Waals surface area contributed by atoms with Crippen molar-refractivity contribution in [2.75, 3.05) is 39.6 Å². The van der Waals surface area contributed by atoms with Crippen molar-refractivity contribution in [2.45, 2.75) is 407 Å². The second-order valence-electron chi connectivity index (χ2n) is 28.0. The normalized spacial score (nSPS) is 14.0. The zero-order chi connectivity index (χ0) is 69.3. The number of hydrogen-bond acceptors (Lipinski definition) is 15. The second-order valence-corrected chi connectivity index (χ2v) is 30.9. The van der Waals surface area contributed by atoms with Gasteiger partial charge in [-0.15, -0.1) is 0 Å². The Balaban J connectivity index is 5.24. The van der Waals surface area contributed by atoms with Crippen LogP contribution in [-0.2, 0) is 65.4 Å². The van der Waals surface area contributed by atoms with Gasteiger partial charge in [-0.3, -0.25) is 37.3 Å². The third kappa shape index (κ3) is 68.6. The summed E-state index contributed by atoms with van der Waals surface area (Å²) < 4.78 is 68.5. The van der Waals surface area contributed by atoms with E-state index in [0.29, 0.717) is 25.7 Å². The maximum Gasteiger partial charge on any atom is 0.472 e. The van der Waals surface area contributed by atoms with E-state index in [0.717, 1.165) is 102 Å². The molecular weight excluding hydrogens is 1230 g/mol. The maximum absolute atomic E-state index is 13.1. The molecule has 3 N–H and O–H groups in total. The monoisotopic (exact) mass is 1380 g/mol. The largest absolute Gasteiger partial charge is 0.472 e. The zero-order valence-corrected chi connectivity index (χ0v) is 63.1. The van der Waals surface area contributed by atoms with Crippen LogP contribution in [0.2, 0.25) is 0 Å². The summed E-state index contributed by atoms with van der Waals surface area (Å²) in [4.78, 5) is 72.8. The van der Waals surface area contributed by atoms with Crippen molar-refractivity contribution in [2.24, 2.45) is 11.8 Å². The summed E-state index contributed by atoms with van der Waals surface area (Å²) in [7, 11) is -9.91. The number of phosphoric ester groups is 2. The molecule has 0 aromatic heterocycles. The van der Waals surface area contributed by atoms with Crippen molar-refractivity contribution in [1.29, 1.82) is 0 Å². The Labute approximate surface area is 575 Å². The Morgan fingerprint density at radius 1 is 0.287 bits per heavy atom. The van der Waals surface area contributed by atoms with Crippen LogP contribution in [0, 0.1) is 11.8 Å². The van der Waals surface area contributed by atoms with Gasteiger partial charge in [0, 0.05) is 25.7 Å². The molecule has 2 unspecified atom stereocenters. The Morgan fingerprint density at radius 3 is 0.723 bits per heavy atom. The molecule has 0 saturated heterocycles. The van der Waals surface area contributed by atoms with E-state index in [-0.39, 0.29) is 25.7 Å². The number of unbranched alkanes of at least 4 members (excludes halogenated alkanes) is 44. The van der Waals surface area contributed by atoms with Gasteiger partial charge in [-0.25, -0.2) is 9.13 Å². The fourth-order valence-electron chi connectivity index (χ4n) is 11.5. The van der Waals surface area contributed by atoms with E-state index in [1.54, 1.807) is 0 Å². The van der Waals surface area contributed by atoms with Gasteiger partial charge < -0.3 is 33.8 Å². The lowest BCUT2D eigenvalue weighted by Gasteiger charge is -2.21. The van der Waals surface area contributed by atoms with Crippen molar-refractivity contribution in [3.05, 3.63) is 0 Å². The summed E-state index contributed by atoms with van der Waals surface area (Å²) in [5.74, 6) is -0.598. The highest BCUT2D eigenvalue weighted by Crippen LogP contribution is 2.45. The van der Waals surface area contributed by atoms with E-state index >= 15 is 0 Å². The molecule has 17 nitrogen and oxygen atoms in total. The van der Waals surface area contributed by atoms with Crippen molar-refractivity contribution < 1.29 is 80.2 Å². The van der Waals surface area contributed by atoms with Crippen molar-refractivity contribution in [3.63, 3.8) is 0 Å². The third-order valence-corrected chi connectivity index (χ3v) is 19.4. The van der Waals surface area contributed by atoms with Gasteiger partial charge in [0.05, 0.1) is 26.4 Å². The molecule has 0 fully saturated rings. The van der Waals surface area contributed by atoms with E-state index < -0.39 is 97.5 Å². The summed E-state index contributed by atoms with van der Waals surface area (Å²) in [5.41, 5.74) is 0. The Kier molecular flexibility index (Phi) is 65.5. The summed E-state index contributed by atoms with van der Waals surface area (Å²) in [6.45, 7) is 9.57. The van der Waals surface area contributed by atoms with Crippen LogP contribution in [0.1, 0.15) is 388 Å². The number of hydrogen-bond donors (Lipinski definition) is 3. The Hall–Kier alpha value is -1.94.